The second kappa shape index (κ2) is 14.1. The monoisotopic (exact) mass is 620 g/mol. The molecule has 4 heterocycles. The molecule has 8 nitrogen and oxygen atoms in total. The van der Waals surface area contributed by atoms with E-state index in [1.807, 2.05) is 39.5 Å². The van der Waals surface area contributed by atoms with Crippen molar-refractivity contribution in [3.05, 3.63) is 93.5 Å². The number of aryl methyl sites for hydroxylation is 2. The van der Waals surface area contributed by atoms with Crippen molar-refractivity contribution in [2.24, 2.45) is 0 Å². The molecule has 0 bridgehead atoms. The average molecular weight is 621 g/mol. The quantitative estimate of drug-likeness (QED) is 0.220. The molecule has 0 unspecified atom stereocenters. The van der Waals surface area contributed by atoms with Gasteiger partial charge in [-0.05, 0) is 82.5 Å². The normalized spacial score (nSPS) is 16.8. The third-order valence-corrected chi connectivity index (χ3v) is 8.60. The van der Waals surface area contributed by atoms with Crippen LogP contribution in [0.3, 0.4) is 0 Å². The van der Waals surface area contributed by atoms with Crippen LogP contribution in [0.1, 0.15) is 54.2 Å². The molecule has 1 aromatic carbocycles. The molecule has 10 heteroatoms. The third-order valence-electron chi connectivity index (χ3n) is 8.60. The Labute approximate surface area is 264 Å². The molecule has 4 aromatic rings. The van der Waals surface area contributed by atoms with Crippen molar-refractivity contribution in [1.29, 1.82) is 0 Å². The summed E-state index contributed by atoms with van der Waals surface area (Å²) < 4.78 is 23.1. The Morgan fingerprint density at radius 2 is 1.91 bits per heavy atom. The van der Waals surface area contributed by atoms with Gasteiger partial charge in [0.15, 0.2) is 17.0 Å². The molecule has 44 heavy (non-hydrogen) atoms. The molecule has 1 aliphatic heterocycles. The number of aromatic nitrogens is 3. The van der Waals surface area contributed by atoms with Crippen LogP contribution in [0, 0.1) is 19.7 Å². The maximum atomic E-state index is 15.2. The molecule has 1 aliphatic carbocycles. The zero-order chi connectivity index (χ0) is 29.9. The van der Waals surface area contributed by atoms with Gasteiger partial charge in [0.25, 0.3) is 0 Å². The molecule has 3 aromatic heterocycles. The first-order chi connectivity index (χ1) is 20.9. The SMILES string of the molecule is CNCCOc1cc2c(cc1F)c(=O)c(CN(Cc1ccnc(C)c1)[C@H]1CCCN(c3ccc(C)nc3)C1)cn2C1CC1.Cl. The summed E-state index contributed by atoms with van der Waals surface area (Å²) >= 11 is 0. The summed E-state index contributed by atoms with van der Waals surface area (Å²) in [6.07, 6.45) is 10.0. The Bertz CT molecular complexity index is 1640. The van der Waals surface area contributed by atoms with E-state index in [4.69, 9.17) is 4.74 Å². The Morgan fingerprint density at radius 3 is 2.64 bits per heavy atom. The summed E-state index contributed by atoms with van der Waals surface area (Å²) in [7, 11) is 1.83. The van der Waals surface area contributed by atoms with E-state index in [2.05, 4.69) is 53.9 Å². The number of piperidine rings is 1. The number of nitrogens with one attached hydrogen (secondary N) is 1. The van der Waals surface area contributed by atoms with Crippen LogP contribution in [-0.4, -0.2) is 58.8 Å². The third kappa shape index (κ3) is 7.22. The molecule has 0 radical (unpaired) electrons. The maximum Gasteiger partial charge on any atom is 0.193 e. The molecule has 6 rings (SSSR count). The van der Waals surface area contributed by atoms with Crippen LogP contribution in [-0.2, 0) is 13.1 Å². The summed E-state index contributed by atoms with van der Waals surface area (Å²) in [6, 6.07) is 12.0. The van der Waals surface area contributed by atoms with Crippen LogP contribution < -0.4 is 20.4 Å². The molecular weight excluding hydrogens is 579 g/mol. The van der Waals surface area contributed by atoms with Crippen molar-refractivity contribution in [3.63, 3.8) is 0 Å². The fraction of sp³-hybridized carbons (Fsp3) is 0.441. The number of halogens is 2. The fourth-order valence-corrected chi connectivity index (χ4v) is 6.15. The molecule has 2 fully saturated rings. The molecule has 1 N–H and O–H groups in total. The van der Waals surface area contributed by atoms with Gasteiger partial charge in [0.05, 0.1) is 17.4 Å². The van der Waals surface area contributed by atoms with Gasteiger partial charge in [0, 0.05) is 85.6 Å². The highest BCUT2D eigenvalue weighted by Crippen LogP contribution is 2.38. The minimum atomic E-state index is -0.501. The number of hydrogen-bond donors (Lipinski definition) is 1. The number of benzene rings is 1. The molecule has 2 aliphatic rings. The van der Waals surface area contributed by atoms with Gasteiger partial charge in [0.2, 0.25) is 0 Å². The molecular formula is C34H42ClFN6O2. The van der Waals surface area contributed by atoms with Gasteiger partial charge in [-0.15, -0.1) is 12.4 Å². The second-order valence-corrected chi connectivity index (χ2v) is 12.0. The molecule has 1 saturated carbocycles. The summed E-state index contributed by atoms with van der Waals surface area (Å²) in [6.45, 7) is 7.97. The standard InChI is InChI=1S/C34H41FN6O2.ClH/c1-23-6-7-28(18-38-23)39-13-4-5-29(22-39)40(19-25-10-11-37-24(2)15-25)20-26-21-41(27-8-9-27)32-17-33(43-14-12-36-3)31(35)16-30(32)34(26)42;/h6-7,10-11,15-18,21,27,29,36H,4-5,8-9,12-14,19-20,22H2,1-3H3;1H/t29-;/m0./s1. The number of hydrogen-bond acceptors (Lipinski definition) is 7. The van der Waals surface area contributed by atoms with Gasteiger partial charge < -0.3 is 19.5 Å². The first kappa shape index (κ1) is 31.9. The Balaban J connectivity index is 0.00000384. The van der Waals surface area contributed by atoms with Gasteiger partial charge in [0.1, 0.15) is 6.61 Å². The number of anilines is 1. The highest BCUT2D eigenvalue weighted by atomic mass is 35.5. The average Bonchev–Trinajstić information content (AvgIpc) is 3.85. The van der Waals surface area contributed by atoms with Gasteiger partial charge in [-0.3, -0.25) is 19.7 Å². The number of nitrogens with zero attached hydrogens (tertiary/aromatic N) is 5. The number of likely N-dealkylation sites (N-methyl/N-ethyl adjacent to an activating group) is 1. The second-order valence-electron chi connectivity index (χ2n) is 12.0. The van der Waals surface area contributed by atoms with Crippen LogP contribution in [0.25, 0.3) is 10.9 Å². The zero-order valence-corrected chi connectivity index (χ0v) is 26.6. The molecule has 0 spiro atoms. The number of pyridine rings is 3. The zero-order valence-electron chi connectivity index (χ0n) is 25.8. The van der Waals surface area contributed by atoms with Crippen LogP contribution in [0.5, 0.6) is 5.75 Å². The van der Waals surface area contributed by atoms with E-state index in [1.54, 1.807) is 6.07 Å². The largest absolute Gasteiger partial charge is 0.489 e. The summed E-state index contributed by atoms with van der Waals surface area (Å²) in [4.78, 5) is 27.7. The van der Waals surface area contributed by atoms with Crippen LogP contribution in [0.4, 0.5) is 10.1 Å². The molecule has 1 saturated heterocycles. The topological polar surface area (TPSA) is 75.5 Å². The van der Waals surface area contributed by atoms with Gasteiger partial charge in [-0.25, -0.2) is 4.39 Å². The molecule has 0 amide bonds. The Morgan fingerprint density at radius 1 is 1.07 bits per heavy atom. The molecule has 1 atom stereocenters. The van der Waals surface area contributed by atoms with E-state index in [0.29, 0.717) is 43.2 Å². The van der Waals surface area contributed by atoms with Crippen molar-refractivity contribution >= 4 is 29.0 Å². The first-order valence-electron chi connectivity index (χ1n) is 15.4. The van der Waals surface area contributed by atoms with Crippen molar-refractivity contribution in [2.45, 2.75) is 64.7 Å². The van der Waals surface area contributed by atoms with Crippen LogP contribution >= 0.6 is 12.4 Å². The summed E-state index contributed by atoms with van der Waals surface area (Å²) in [5.74, 6) is -0.314. The lowest BCUT2D eigenvalue weighted by Crippen LogP contribution is -2.48. The lowest BCUT2D eigenvalue weighted by atomic mass is 10.0. The van der Waals surface area contributed by atoms with Crippen molar-refractivity contribution < 1.29 is 9.13 Å². The number of ether oxygens (including phenoxy) is 1. The van der Waals surface area contributed by atoms with Crippen molar-refractivity contribution in [2.75, 3.05) is 38.2 Å². The summed E-state index contributed by atoms with van der Waals surface area (Å²) in [5.41, 5.74) is 5.59. The van der Waals surface area contributed by atoms with E-state index in [-0.39, 0.29) is 29.6 Å². The minimum absolute atomic E-state index is 0. The van der Waals surface area contributed by atoms with Crippen LogP contribution in [0.2, 0.25) is 0 Å². The predicted octanol–water partition coefficient (Wildman–Crippen LogP) is 5.57. The molecule has 234 valence electrons. The highest BCUT2D eigenvalue weighted by molar-refractivity contribution is 5.85. The van der Waals surface area contributed by atoms with E-state index in [0.717, 1.165) is 61.4 Å². The van der Waals surface area contributed by atoms with E-state index in [9.17, 15) is 4.79 Å². The minimum Gasteiger partial charge on any atom is -0.489 e. The van der Waals surface area contributed by atoms with Crippen LogP contribution in [0.15, 0.2) is 59.8 Å². The van der Waals surface area contributed by atoms with Gasteiger partial charge >= 0.3 is 0 Å². The van der Waals surface area contributed by atoms with Gasteiger partial charge in [-0.2, -0.15) is 0 Å². The predicted molar refractivity (Wildman–Crippen MR) is 176 cm³/mol. The van der Waals surface area contributed by atoms with Crippen molar-refractivity contribution in [1.82, 2.24) is 24.8 Å². The Hall–Kier alpha value is -3.53. The lowest BCUT2D eigenvalue weighted by molar-refractivity contribution is 0.158. The van der Waals surface area contributed by atoms with E-state index in [1.165, 1.54) is 11.6 Å². The maximum absolute atomic E-state index is 15.2. The fourth-order valence-electron chi connectivity index (χ4n) is 6.15. The highest BCUT2D eigenvalue weighted by Gasteiger charge is 2.30. The van der Waals surface area contributed by atoms with Gasteiger partial charge in [-0.1, -0.05) is 0 Å². The van der Waals surface area contributed by atoms with Crippen molar-refractivity contribution in [3.8, 4) is 5.75 Å². The van der Waals surface area contributed by atoms with E-state index < -0.39 is 5.82 Å². The Kier molecular flexibility index (Phi) is 10.2. The first-order valence-corrected chi connectivity index (χ1v) is 15.4. The smallest absolute Gasteiger partial charge is 0.193 e. The number of fused-ring (bicyclic) bond motifs is 1. The summed E-state index contributed by atoms with van der Waals surface area (Å²) in [5, 5.41) is 3.43. The lowest BCUT2D eigenvalue weighted by Gasteiger charge is -2.40. The van der Waals surface area contributed by atoms with E-state index >= 15 is 4.39 Å². The number of rotatable bonds is 11.